The number of benzene rings is 1. The van der Waals surface area contributed by atoms with E-state index in [1.54, 1.807) is 20.0 Å². The molecule has 0 saturated heterocycles. The molecule has 0 fully saturated rings. The first-order valence-electron chi connectivity index (χ1n) is 12.1. The van der Waals surface area contributed by atoms with Crippen LogP contribution in [-0.4, -0.2) is 40.5 Å². The van der Waals surface area contributed by atoms with Gasteiger partial charge in [0.2, 0.25) is 5.60 Å². The van der Waals surface area contributed by atoms with E-state index in [-0.39, 0.29) is 23.9 Å². The molecule has 1 aliphatic heterocycles. The van der Waals surface area contributed by atoms with Crippen molar-refractivity contribution in [2.24, 2.45) is 17.0 Å². The molecule has 0 unspecified atom stereocenters. The lowest BCUT2D eigenvalue weighted by atomic mass is 9.77. The van der Waals surface area contributed by atoms with E-state index in [1.165, 1.54) is 6.92 Å². The number of carbonyl (C=O) groups is 3. The zero-order valence-corrected chi connectivity index (χ0v) is 21.2. The molecule has 200 valence electrons. The first kappa shape index (κ1) is 26.9. The summed E-state index contributed by atoms with van der Waals surface area (Å²) in [4.78, 5) is 59.7. The van der Waals surface area contributed by atoms with Crippen LogP contribution in [0.5, 0.6) is 0 Å². The van der Waals surface area contributed by atoms with Crippen molar-refractivity contribution in [3.63, 3.8) is 0 Å². The minimum absolute atomic E-state index is 0.0117. The second-order valence-corrected chi connectivity index (χ2v) is 9.45. The van der Waals surface area contributed by atoms with E-state index in [1.807, 2.05) is 30.3 Å². The van der Waals surface area contributed by atoms with Gasteiger partial charge in [0.15, 0.2) is 29.7 Å². The summed E-state index contributed by atoms with van der Waals surface area (Å²) in [5.41, 5.74) is -0.350. The highest BCUT2D eigenvalue weighted by atomic mass is 19.1. The lowest BCUT2D eigenvalue weighted by Crippen LogP contribution is -2.45. The van der Waals surface area contributed by atoms with Crippen molar-refractivity contribution in [2.75, 3.05) is 6.67 Å². The van der Waals surface area contributed by atoms with Gasteiger partial charge in [0.25, 0.3) is 0 Å². The molecule has 0 bridgehead atoms. The summed E-state index contributed by atoms with van der Waals surface area (Å²) in [5.74, 6) is -4.67. The summed E-state index contributed by atoms with van der Waals surface area (Å²) in [6.07, 6.45) is 0.767. The number of aromatic nitrogens is 1. The average Bonchev–Trinajstić information content (AvgIpc) is 3.50. The van der Waals surface area contributed by atoms with Gasteiger partial charge in [0.05, 0.1) is 12.1 Å². The fourth-order valence-electron chi connectivity index (χ4n) is 4.43. The van der Waals surface area contributed by atoms with Gasteiger partial charge in [0.1, 0.15) is 12.4 Å². The standard InChI is InChI=1S/C27H27FN2O8/c1-15(2)27(12-20(30-38-27)25-19-7-5-4-6-17(19)8-9-29-25)23(32)10-18(21(31)13-28)11-24(33)35-14-22-16(3)36-26(34)37-22/h4-9,15,18H,10-14H2,1-3H3/t18-,27+/m0/s1. The van der Waals surface area contributed by atoms with Gasteiger partial charge in [-0.3, -0.25) is 19.4 Å². The number of oxime groups is 1. The second kappa shape index (κ2) is 11.1. The van der Waals surface area contributed by atoms with E-state index >= 15 is 0 Å². The monoisotopic (exact) mass is 526 g/mol. The Bertz CT molecular complexity index is 1450. The summed E-state index contributed by atoms with van der Waals surface area (Å²) in [5, 5.41) is 5.99. The van der Waals surface area contributed by atoms with E-state index < -0.39 is 61.0 Å². The highest BCUT2D eigenvalue weighted by Crippen LogP contribution is 2.37. The third-order valence-electron chi connectivity index (χ3n) is 6.73. The van der Waals surface area contributed by atoms with Gasteiger partial charge in [-0.25, -0.2) is 9.18 Å². The molecule has 10 nitrogen and oxygen atoms in total. The number of hydrogen-bond donors (Lipinski definition) is 0. The fraction of sp³-hybridized carbons (Fsp3) is 0.407. The maximum absolute atomic E-state index is 13.6. The lowest BCUT2D eigenvalue weighted by molar-refractivity contribution is -0.153. The molecule has 0 N–H and O–H groups in total. The van der Waals surface area contributed by atoms with E-state index in [9.17, 15) is 23.6 Å². The molecule has 3 aromatic rings. The Balaban J connectivity index is 1.48. The van der Waals surface area contributed by atoms with Crippen molar-refractivity contribution >= 4 is 34.0 Å². The zero-order valence-electron chi connectivity index (χ0n) is 21.2. The Morgan fingerprint density at radius 3 is 2.58 bits per heavy atom. The number of esters is 1. The Morgan fingerprint density at radius 2 is 1.89 bits per heavy atom. The minimum Gasteiger partial charge on any atom is -0.457 e. The van der Waals surface area contributed by atoms with Gasteiger partial charge in [-0.05, 0) is 18.4 Å². The van der Waals surface area contributed by atoms with Crippen molar-refractivity contribution in [3.05, 3.63) is 64.4 Å². The van der Waals surface area contributed by atoms with Crippen LogP contribution in [-0.2, 0) is 30.6 Å². The van der Waals surface area contributed by atoms with Crippen molar-refractivity contribution in [1.82, 2.24) is 4.98 Å². The highest BCUT2D eigenvalue weighted by Gasteiger charge is 2.50. The molecule has 2 atom stereocenters. The van der Waals surface area contributed by atoms with Gasteiger partial charge in [0, 0.05) is 36.3 Å². The molecule has 0 saturated carbocycles. The van der Waals surface area contributed by atoms with Gasteiger partial charge in [-0.1, -0.05) is 43.3 Å². The van der Waals surface area contributed by atoms with Crippen LogP contribution in [0, 0.1) is 18.8 Å². The van der Waals surface area contributed by atoms with Crippen molar-refractivity contribution in [1.29, 1.82) is 0 Å². The molecule has 0 spiro atoms. The number of fused-ring (bicyclic) bond motifs is 1. The van der Waals surface area contributed by atoms with Crippen LogP contribution in [0.15, 0.2) is 55.3 Å². The number of halogens is 1. The van der Waals surface area contributed by atoms with Crippen LogP contribution >= 0.6 is 0 Å². The topological polar surface area (TPSA) is 138 Å². The Morgan fingerprint density at radius 1 is 1.13 bits per heavy atom. The van der Waals surface area contributed by atoms with E-state index in [0.717, 1.165) is 10.8 Å². The normalized spacial score (nSPS) is 17.8. The number of pyridine rings is 1. The lowest BCUT2D eigenvalue weighted by Gasteiger charge is -2.30. The highest BCUT2D eigenvalue weighted by molar-refractivity contribution is 6.12. The molecule has 0 amide bonds. The molecule has 3 heterocycles. The minimum atomic E-state index is -1.41. The third kappa shape index (κ3) is 5.41. The zero-order chi connectivity index (χ0) is 27.4. The number of carbonyl (C=O) groups excluding carboxylic acids is 3. The molecular formula is C27H27FN2O8. The van der Waals surface area contributed by atoms with Crippen LogP contribution in [0.25, 0.3) is 10.8 Å². The number of hydrogen-bond acceptors (Lipinski definition) is 10. The fourth-order valence-corrected chi connectivity index (χ4v) is 4.43. The maximum Gasteiger partial charge on any atom is 0.519 e. The van der Waals surface area contributed by atoms with Crippen molar-refractivity contribution in [2.45, 2.75) is 52.2 Å². The number of rotatable bonds is 11. The Labute approximate surface area is 216 Å². The molecule has 38 heavy (non-hydrogen) atoms. The first-order chi connectivity index (χ1) is 18.1. The third-order valence-corrected chi connectivity index (χ3v) is 6.73. The van der Waals surface area contributed by atoms with Gasteiger partial charge in [-0.2, -0.15) is 0 Å². The van der Waals surface area contributed by atoms with Gasteiger partial charge >= 0.3 is 11.8 Å². The SMILES string of the molecule is Cc1oc(=O)oc1COC(=O)C[C@H](CC(=O)[C@]1(C(C)C)CC(c2nccc3ccccc23)=NO1)C(=O)CF. The molecule has 11 heteroatoms. The predicted octanol–water partition coefficient (Wildman–Crippen LogP) is 3.86. The van der Waals surface area contributed by atoms with Crippen LogP contribution in [0.2, 0.25) is 0 Å². The molecule has 1 aliphatic rings. The van der Waals surface area contributed by atoms with Gasteiger partial charge in [-0.15, -0.1) is 0 Å². The molecule has 1 aromatic carbocycles. The molecular weight excluding hydrogens is 499 g/mol. The summed E-state index contributed by atoms with van der Waals surface area (Å²) >= 11 is 0. The first-order valence-corrected chi connectivity index (χ1v) is 12.1. The Kier molecular flexibility index (Phi) is 7.84. The number of Topliss-reactive ketones (excluding diaryl/α,β-unsaturated/α-hetero) is 2. The summed E-state index contributed by atoms with van der Waals surface area (Å²) < 4.78 is 27.9. The largest absolute Gasteiger partial charge is 0.519 e. The van der Waals surface area contributed by atoms with Gasteiger partial charge < -0.3 is 18.4 Å². The molecule has 4 rings (SSSR count). The van der Waals surface area contributed by atoms with Crippen LogP contribution < -0.4 is 5.82 Å². The number of nitrogens with zero attached hydrogens (tertiary/aromatic N) is 2. The van der Waals surface area contributed by atoms with Crippen molar-refractivity contribution in [3.8, 4) is 0 Å². The van der Waals surface area contributed by atoms with Crippen molar-refractivity contribution < 1.29 is 37.2 Å². The van der Waals surface area contributed by atoms with E-state index in [4.69, 9.17) is 18.4 Å². The number of alkyl halides is 1. The summed E-state index contributed by atoms with van der Waals surface area (Å²) in [7, 11) is 0. The van der Waals surface area contributed by atoms with E-state index in [0.29, 0.717) is 11.4 Å². The number of ether oxygens (including phenoxy) is 1. The maximum atomic E-state index is 13.6. The van der Waals surface area contributed by atoms with Crippen LogP contribution in [0.1, 0.15) is 50.3 Å². The summed E-state index contributed by atoms with van der Waals surface area (Å²) in [6, 6.07) is 9.48. The molecule has 2 aromatic heterocycles. The van der Waals surface area contributed by atoms with Crippen LogP contribution in [0.4, 0.5) is 4.39 Å². The summed E-state index contributed by atoms with van der Waals surface area (Å²) in [6.45, 7) is 3.27. The molecule has 0 radical (unpaired) electrons. The predicted molar refractivity (Wildman–Crippen MR) is 132 cm³/mol. The second-order valence-electron chi connectivity index (χ2n) is 9.45. The molecule has 0 aliphatic carbocycles. The smallest absolute Gasteiger partial charge is 0.457 e. The van der Waals surface area contributed by atoms with Crippen LogP contribution in [0.3, 0.4) is 0 Å². The van der Waals surface area contributed by atoms with E-state index in [2.05, 4.69) is 10.1 Å². The quantitative estimate of drug-likeness (QED) is 0.341. The number of aryl methyl sites for hydroxylation is 1. The number of ketones is 2. The average molecular weight is 527 g/mol. The Hall–Kier alpha value is -4.15.